The van der Waals surface area contributed by atoms with Crippen LogP contribution in [0.4, 0.5) is 0 Å². The molecule has 0 saturated heterocycles. The maximum absolute atomic E-state index is 11.6. The molecule has 3 nitrogen and oxygen atoms in total. The zero-order valence-electron chi connectivity index (χ0n) is 11.0. The molecule has 1 aromatic carbocycles. The van der Waals surface area contributed by atoms with Gasteiger partial charge in [0.1, 0.15) is 0 Å². The van der Waals surface area contributed by atoms with Gasteiger partial charge < -0.3 is 5.32 Å². The van der Waals surface area contributed by atoms with Gasteiger partial charge in [-0.3, -0.25) is 4.79 Å². The fourth-order valence-electron chi connectivity index (χ4n) is 1.60. The van der Waals surface area contributed by atoms with E-state index in [1.54, 1.807) is 23.1 Å². The Morgan fingerprint density at radius 1 is 1.37 bits per heavy atom. The molecule has 0 aliphatic carbocycles. The number of aromatic nitrogens is 1. The minimum Gasteiger partial charge on any atom is -0.352 e. The third-order valence-corrected chi connectivity index (χ3v) is 4.38. The van der Waals surface area contributed by atoms with Gasteiger partial charge >= 0.3 is 0 Å². The molecule has 0 atom stereocenters. The molecule has 100 valence electrons. The minimum atomic E-state index is -0.0193. The van der Waals surface area contributed by atoms with Gasteiger partial charge in [0.25, 0.3) is 5.91 Å². The van der Waals surface area contributed by atoms with E-state index in [2.05, 4.69) is 15.7 Å². The lowest BCUT2D eigenvalue weighted by atomic mass is 10.2. The highest BCUT2D eigenvalue weighted by Gasteiger charge is 2.04. The molecule has 0 saturated carbocycles. The molecule has 1 aromatic heterocycles. The average Bonchev–Trinajstić information content (AvgIpc) is 2.83. The Morgan fingerprint density at radius 3 is 2.68 bits per heavy atom. The lowest BCUT2D eigenvalue weighted by Crippen LogP contribution is -2.22. The van der Waals surface area contributed by atoms with Gasteiger partial charge in [0.05, 0.1) is 10.7 Å². The number of thioether (sulfide) groups is 1. The second kappa shape index (κ2) is 6.73. The van der Waals surface area contributed by atoms with Gasteiger partial charge in [0.15, 0.2) is 0 Å². The molecule has 0 aliphatic rings. The average molecular weight is 292 g/mol. The van der Waals surface area contributed by atoms with Gasteiger partial charge in [-0.05, 0) is 38.1 Å². The van der Waals surface area contributed by atoms with Crippen molar-refractivity contribution in [3.63, 3.8) is 0 Å². The highest BCUT2D eigenvalue weighted by molar-refractivity contribution is 7.98. The quantitative estimate of drug-likeness (QED) is 0.858. The first kappa shape index (κ1) is 14.1. The maximum atomic E-state index is 11.6. The fourth-order valence-corrected chi connectivity index (χ4v) is 3.11. The summed E-state index contributed by atoms with van der Waals surface area (Å²) in [6, 6.07) is 7.68. The molecule has 0 unspecified atom stereocenters. The van der Waals surface area contributed by atoms with E-state index >= 15 is 0 Å². The summed E-state index contributed by atoms with van der Waals surface area (Å²) in [6.07, 6.45) is 0. The van der Waals surface area contributed by atoms with E-state index in [4.69, 9.17) is 0 Å². The first-order valence-corrected chi connectivity index (χ1v) is 7.97. The van der Waals surface area contributed by atoms with Gasteiger partial charge in [-0.2, -0.15) is 0 Å². The molecule has 1 heterocycles. The molecular weight excluding hydrogens is 276 g/mol. The molecule has 2 aromatic rings. The lowest BCUT2D eigenvalue weighted by Gasteiger charge is -2.03. The SMILES string of the molecule is CCNC(=O)c1ccc(SCc2csc(C)n2)cc1. The predicted octanol–water partition coefficient (Wildman–Crippen LogP) is 3.49. The molecule has 0 radical (unpaired) electrons. The van der Waals surface area contributed by atoms with Gasteiger partial charge in [-0.15, -0.1) is 23.1 Å². The van der Waals surface area contributed by atoms with Crippen LogP contribution >= 0.6 is 23.1 Å². The highest BCUT2D eigenvalue weighted by atomic mass is 32.2. The monoisotopic (exact) mass is 292 g/mol. The Morgan fingerprint density at radius 2 is 2.11 bits per heavy atom. The topological polar surface area (TPSA) is 42.0 Å². The number of rotatable bonds is 5. The van der Waals surface area contributed by atoms with Crippen molar-refractivity contribution in [1.82, 2.24) is 10.3 Å². The normalized spacial score (nSPS) is 10.4. The van der Waals surface area contributed by atoms with E-state index in [1.807, 2.05) is 38.1 Å². The van der Waals surface area contributed by atoms with Gasteiger partial charge in [-0.1, -0.05) is 0 Å². The summed E-state index contributed by atoms with van der Waals surface area (Å²) in [4.78, 5) is 17.2. The second-order valence-corrected chi connectivity index (χ2v) is 6.14. The summed E-state index contributed by atoms with van der Waals surface area (Å²) in [7, 11) is 0. The van der Waals surface area contributed by atoms with Gasteiger partial charge in [0, 0.05) is 28.1 Å². The molecule has 2 rings (SSSR count). The summed E-state index contributed by atoms with van der Waals surface area (Å²) in [5.41, 5.74) is 1.82. The highest BCUT2D eigenvalue weighted by Crippen LogP contribution is 2.23. The number of hydrogen-bond donors (Lipinski definition) is 1. The van der Waals surface area contributed by atoms with Crippen molar-refractivity contribution in [3.05, 3.63) is 45.9 Å². The molecule has 1 amide bonds. The number of nitrogens with zero attached hydrogens (tertiary/aromatic N) is 1. The number of thiazole rings is 1. The maximum Gasteiger partial charge on any atom is 0.251 e. The van der Waals surface area contributed by atoms with Crippen LogP contribution in [0.15, 0.2) is 34.5 Å². The Bertz CT molecular complexity index is 549. The van der Waals surface area contributed by atoms with E-state index in [1.165, 1.54) is 0 Å². The van der Waals surface area contributed by atoms with Crippen LogP contribution in [0.3, 0.4) is 0 Å². The summed E-state index contributed by atoms with van der Waals surface area (Å²) in [5.74, 6) is 0.847. The van der Waals surface area contributed by atoms with Crippen molar-refractivity contribution in [2.75, 3.05) is 6.54 Å². The Kier molecular flexibility index (Phi) is 4.99. The summed E-state index contributed by atoms with van der Waals surface area (Å²) >= 11 is 3.41. The van der Waals surface area contributed by atoms with Gasteiger partial charge in [-0.25, -0.2) is 4.98 Å². The molecule has 0 bridgehead atoms. The van der Waals surface area contributed by atoms with Crippen LogP contribution in [-0.4, -0.2) is 17.4 Å². The van der Waals surface area contributed by atoms with Crippen LogP contribution in [0.25, 0.3) is 0 Å². The molecule has 5 heteroatoms. The van der Waals surface area contributed by atoms with E-state index < -0.39 is 0 Å². The van der Waals surface area contributed by atoms with Crippen LogP contribution < -0.4 is 5.32 Å². The fraction of sp³-hybridized carbons (Fsp3) is 0.286. The molecule has 0 aliphatic heterocycles. The first-order valence-electron chi connectivity index (χ1n) is 6.11. The standard InChI is InChI=1S/C14H16N2OS2/c1-3-15-14(17)11-4-6-13(7-5-11)19-9-12-8-18-10(2)16-12/h4-8H,3,9H2,1-2H3,(H,15,17). The predicted molar refractivity (Wildman–Crippen MR) is 80.9 cm³/mol. The lowest BCUT2D eigenvalue weighted by molar-refractivity contribution is 0.0956. The Balaban J connectivity index is 1.93. The summed E-state index contributed by atoms with van der Waals surface area (Å²) < 4.78 is 0. The Labute approximate surface area is 121 Å². The van der Waals surface area contributed by atoms with Crippen LogP contribution in [0.1, 0.15) is 28.0 Å². The van der Waals surface area contributed by atoms with Crippen molar-refractivity contribution in [2.45, 2.75) is 24.5 Å². The van der Waals surface area contributed by atoms with Gasteiger partial charge in [0.2, 0.25) is 0 Å². The van der Waals surface area contributed by atoms with E-state index in [-0.39, 0.29) is 5.91 Å². The van der Waals surface area contributed by atoms with E-state index in [9.17, 15) is 4.79 Å². The number of benzene rings is 1. The smallest absolute Gasteiger partial charge is 0.251 e. The van der Waals surface area contributed by atoms with E-state index in [0.29, 0.717) is 12.1 Å². The molecule has 0 spiro atoms. The van der Waals surface area contributed by atoms with Crippen LogP contribution in [0.5, 0.6) is 0 Å². The Hall–Kier alpha value is -1.33. The summed E-state index contributed by atoms with van der Waals surface area (Å²) in [6.45, 7) is 4.58. The molecule has 0 fully saturated rings. The summed E-state index contributed by atoms with van der Waals surface area (Å²) in [5, 5.41) is 5.98. The zero-order chi connectivity index (χ0) is 13.7. The van der Waals surface area contributed by atoms with Crippen molar-refractivity contribution >= 4 is 29.0 Å². The number of carbonyl (C=O) groups excluding carboxylic acids is 1. The molecular formula is C14H16N2OS2. The second-order valence-electron chi connectivity index (χ2n) is 4.03. The van der Waals surface area contributed by atoms with E-state index in [0.717, 1.165) is 21.3 Å². The van der Waals surface area contributed by atoms with Crippen molar-refractivity contribution in [2.24, 2.45) is 0 Å². The van der Waals surface area contributed by atoms with Crippen LogP contribution in [-0.2, 0) is 5.75 Å². The van der Waals surface area contributed by atoms with Crippen molar-refractivity contribution in [3.8, 4) is 0 Å². The number of amides is 1. The first-order chi connectivity index (χ1) is 9.19. The number of hydrogen-bond acceptors (Lipinski definition) is 4. The molecule has 19 heavy (non-hydrogen) atoms. The third kappa shape index (κ3) is 4.08. The van der Waals surface area contributed by atoms with Crippen LogP contribution in [0.2, 0.25) is 0 Å². The van der Waals surface area contributed by atoms with Crippen molar-refractivity contribution < 1.29 is 4.79 Å². The number of carbonyl (C=O) groups is 1. The van der Waals surface area contributed by atoms with Crippen molar-refractivity contribution in [1.29, 1.82) is 0 Å². The number of aryl methyl sites for hydroxylation is 1. The molecule has 1 N–H and O–H groups in total. The third-order valence-electron chi connectivity index (χ3n) is 2.51. The zero-order valence-corrected chi connectivity index (χ0v) is 12.6. The number of nitrogens with one attached hydrogen (secondary N) is 1. The van der Waals surface area contributed by atoms with Crippen LogP contribution in [0, 0.1) is 6.92 Å². The largest absolute Gasteiger partial charge is 0.352 e. The minimum absolute atomic E-state index is 0.0193.